The maximum Gasteiger partial charge on any atom is 0.243 e. The molecule has 1 aliphatic heterocycles. The largest absolute Gasteiger partial charge is 0.327 e. The van der Waals surface area contributed by atoms with Crippen LogP contribution in [0.5, 0.6) is 0 Å². The molecule has 0 saturated carbocycles. The van der Waals surface area contributed by atoms with Crippen LogP contribution in [0.3, 0.4) is 0 Å². The molecular formula is C14H21ClN2O2S. The molecular weight excluding hydrogens is 296 g/mol. The molecule has 6 heteroatoms. The first-order valence-electron chi connectivity index (χ1n) is 6.88. The number of hydrogen-bond acceptors (Lipinski definition) is 3. The van der Waals surface area contributed by atoms with E-state index >= 15 is 0 Å². The fourth-order valence-corrected chi connectivity index (χ4v) is 4.66. The van der Waals surface area contributed by atoms with Crippen LogP contribution in [0.25, 0.3) is 0 Å². The summed E-state index contributed by atoms with van der Waals surface area (Å²) in [4.78, 5) is 0.301. The van der Waals surface area contributed by atoms with Crippen molar-refractivity contribution >= 4 is 21.6 Å². The van der Waals surface area contributed by atoms with Crippen molar-refractivity contribution in [2.75, 3.05) is 13.1 Å². The summed E-state index contributed by atoms with van der Waals surface area (Å²) >= 11 is 6.03. The monoisotopic (exact) mass is 316 g/mol. The first-order chi connectivity index (χ1) is 9.37. The Kier molecular flexibility index (Phi) is 4.74. The van der Waals surface area contributed by atoms with Crippen LogP contribution in [-0.4, -0.2) is 31.9 Å². The van der Waals surface area contributed by atoms with Crippen molar-refractivity contribution in [1.29, 1.82) is 0 Å². The lowest BCUT2D eigenvalue weighted by Crippen LogP contribution is -2.48. The summed E-state index contributed by atoms with van der Waals surface area (Å²) in [6, 6.07) is 5.09. The number of sulfonamides is 1. The van der Waals surface area contributed by atoms with E-state index in [1.165, 1.54) is 0 Å². The lowest BCUT2D eigenvalue weighted by molar-refractivity contribution is 0.230. The van der Waals surface area contributed by atoms with Crippen molar-refractivity contribution < 1.29 is 8.42 Å². The van der Waals surface area contributed by atoms with Gasteiger partial charge < -0.3 is 5.73 Å². The molecule has 1 aromatic carbocycles. The average molecular weight is 317 g/mol. The zero-order valence-corrected chi connectivity index (χ0v) is 13.4. The van der Waals surface area contributed by atoms with Gasteiger partial charge in [-0.3, -0.25) is 0 Å². The number of benzene rings is 1. The SMILES string of the molecule is CCC1CN(S(=O)(=O)c2cccc(Cl)c2C)CCC1N. The molecule has 2 unspecified atom stereocenters. The molecule has 1 aromatic rings. The van der Waals surface area contributed by atoms with Gasteiger partial charge in [-0.2, -0.15) is 4.31 Å². The minimum Gasteiger partial charge on any atom is -0.327 e. The van der Waals surface area contributed by atoms with Crippen molar-refractivity contribution in [3.8, 4) is 0 Å². The molecule has 0 bridgehead atoms. The van der Waals surface area contributed by atoms with Gasteiger partial charge in [0, 0.05) is 24.2 Å². The highest BCUT2D eigenvalue weighted by Crippen LogP contribution is 2.29. The number of nitrogens with zero attached hydrogens (tertiary/aromatic N) is 1. The second-order valence-corrected chi connectivity index (χ2v) is 7.66. The molecule has 2 rings (SSSR count). The summed E-state index contributed by atoms with van der Waals surface area (Å²) in [5, 5.41) is 0.479. The quantitative estimate of drug-likeness (QED) is 0.931. The van der Waals surface area contributed by atoms with E-state index in [0.717, 1.165) is 6.42 Å². The third-order valence-electron chi connectivity index (χ3n) is 4.12. The van der Waals surface area contributed by atoms with Crippen LogP contribution < -0.4 is 5.73 Å². The number of rotatable bonds is 3. The molecule has 0 radical (unpaired) electrons. The predicted molar refractivity (Wildman–Crippen MR) is 81.3 cm³/mol. The molecule has 0 amide bonds. The summed E-state index contributed by atoms with van der Waals surface area (Å²) in [5.41, 5.74) is 6.65. The Morgan fingerprint density at radius 3 is 2.80 bits per heavy atom. The normalized spacial score (nSPS) is 24.8. The second kappa shape index (κ2) is 6.02. The van der Waals surface area contributed by atoms with E-state index in [1.54, 1.807) is 29.4 Å². The Balaban J connectivity index is 2.33. The van der Waals surface area contributed by atoms with Crippen LogP contribution in [0.1, 0.15) is 25.3 Å². The topological polar surface area (TPSA) is 63.4 Å². The molecule has 2 atom stereocenters. The number of halogens is 1. The minimum atomic E-state index is -3.49. The van der Waals surface area contributed by atoms with Crippen molar-refractivity contribution in [1.82, 2.24) is 4.31 Å². The second-order valence-electron chi connectivity index (χ2n) is 5.35. The van der Waals surface area contributed by atoms with Crippen LogP contribution in [0, 0.1) is 12.8 Å². The van der Waals surface area contributed by atoms with Gasteiger partial charge in [-0.25, -0.2) is 8.42 Å². The smallest absolute Gasteiger partial charge is 0.243 e. The fraction of sp³-hybridized carbons (Fsp3) is 0.571. The lowest BCUT2D eigenvalue weighted by Gasteiger charge is -2.35. The molecule has 112 valence electrons. The highest BCUT2D eigenvalue weighted by atomic mass is 35.5. The molecule has 4 nitrogen and oxygen atoms in total. The van der Waals surface area contributed by atoms with Gasteiger partial charge in [-0.1, -0.05) is 31.0 Å². The molecule has 20 heavy (non-hydrogen) atoms. The number of nitrogens with two attached hydrogens (primary N) is 1. The lowest BCUT2D eigenvalue weighted by atomic mass is 9.92. The van der Waals surface area contributed by atoms with Gasteiger partial charge in [0.1, 0.15) is 0 Å². The molecule has 1 fully saturated rings. The van der Waals surface area contributed by atoms with Crippen molar-refractivity contribution in [3.63, 3.8) is 0 Å². The van der Waals surface area contributed by atoms with Gasteiger partial charge in [-0.15, -0.1) is 0 Å². The molecule has 1 heterocycles. The van der Waals surface area contributed by atoms with Gasteiger partial charge in [0.15, 0.2) is 0 Å². The zero-order valence-electron chi connectivity index (χ0n) is 11.8. The van der Waals surface area contributed by atoms with E-state index in [9.17, 15) is 8.42 Å². The van der Waals surface area contributed by atoms with Gasteiger partial charge in [0.2, 0.25) is 10.0 Å². The van der Waals surface area contributed by atoms with Crippen LogP contribution in [0.2, 0.25) is 5.02 Å². The van der Waals surface area contributed by atoms with E-state index in [-0.39, 0.29) is 12.0 Å². The summed E-state index contributed by atoms with van der Waals surface area (Å²) in [6.07, 6.45) is 1.60. The minimum absolute atomic E-state index is 0.0897. The molecule has 0 aromatic heterocycles. The van der Waals surface area contributed by atoms with Gasteiger partial charge in [0.05, 0.1) is 4.90 Å². The average Bonchev–Trinajstić information content (AvgIpc) is 2.42. The fourth-order valence-electron chi connectivity index (χ4n) is 2.67. The van der Waals surface area contributed by atoms with Gasteiger partial charge in [0.25, 0.3) is 0 Å². The summed E-state index contributed by atoms with van der Waals surface area (Å²) in [6.45, 7) is 4.76. The highest BCUT2D eigenvalue weighted by Gasteiger charge is 2.34. The standard InChI is InChI=1S/C14H21ClN2O2S/c1-3-11-9-17(8-7-13(11)16)20(18,19)14-6-4-5-12(15)10(14)2/h4-6,11,13H,3,7-9,16H2,1-2H3. The Labute approximate surface area is 126 Å². The predicted octanol–water partition coefficient (Wildman–Crippen LogP) is 2.40. The van der Waals surface area contributed by atoms with Crippen molar-refractivity contribution in [2.24, 2.45) is 11.7 Å². The molecule has 1 saturated heterocycles. The third kappa shape index (κ3) is 2.86. The Morgan fingerprint density at radius 1 is 1.45 bits per heavy atom. The van der Waals surface area contributed by atoms with Crippen LogP contribution in [0.4, 0.5) is 0 Å². The maximum absolute atomic E-state index is 12.8. The van der Waals surface area contributed by atoms with Crippen molar-refractivity contribution in [3.05, 3.63) is 28.8 Å². The first kappa shape index (κ1) is 15.8. The van der Waals surface area contributed by atoms with E-state index < -0.39 is 10.0 Å². The Hall–Kier alpha value is -0.620. The Morgan fingerprint density at radius 2 is 2.15 bits per heavy atom. The summed E-state index contributed by atoms with van der Waals surface area (Å²) in [7, 11) is -3.49. The van der Waals surface area contributed by atoms with E-state index in [0.29, 0.717) is 35.0 Å². The summed E-state index contributed by atoms with van der Waals surface area (Å²) < 4.78 is 27.1. The van der Waals surface area contributed by atoms with E-state index in [2.05, 4.69) is 0 Å². The van der Waals surface area contributed by atoms with E-state index in [4.69, 9.17) is 17.3 Å². The highest BCUT2D eigenvalue weighted by molar-refractivity contribution is 7.89. The van der Waals surface area contributed by atoms with Gasteiger partial charge >= 0.3 is 0 Å². The number of piperidine rings is 1. The molecule has 1 aliphatic rings. The maximum atomic E-state index is 12.8. The summed E-state index contributed by atoms with van der Waals surface area (Å²) in [5.74, 6) is 0.220. The van der Waals surface area contributed by atoms with Crippen LogP contribution >= 0.6 is 11.6 Å². The zero-order chi connectivity index (χ0) is 14.9. The molecule has 0 aliphatic carbocycles. The third-order valence-corrected chi connectivity index (χ3v) is 6.53. The van der Waals surface area contributed by atoms with Crippen molar-refractivity contribution in [2.45, 2.75) is 37.6 Å². The Bertz CT molecular complexity index is 589. The van der Waals surface area contributed by atoms with Crippen LogP contribution in [-0.2, 0) is 10.0 Å². The molecule has 0 spiro atoms. The number of hydrogen-bond donors (Lipinski definition) is 1. The van der Waals surface area contributed by atoms with Crippen LogP contribution in [0.15, 0.2) is 23.1 Å². The van der Waals surface area contributed by atoms with E-state index in [1.807, 2.05) is 6.92 Å². The first-order valence-corrected chi connectivity index (χ1v) is 8.70. The molecule has 2 N–H and O–H groups in total. The van der Waals surface area contributed by atoms with Gasteiger partial charge in [-0.05, 0) is 37.0 Å².